The monoisotopic (exact) mass is 362 g/mol. The van der Waals surface area contributed by atoms with Gasteiger partial charge in [0, 0.05) is 12.5 Å². The van der Waals surface area contributed by atoms with Crippen LogP contribution in [0.5, 0.6) is 0 Å². The van der Waals surface area contributed by atoms with Crippen LogP contribution in [0.2, 0.25) is 0 Å². The molecule has 0 aliphatic carbocycles. The normalized spacial score (nSPS) is 20.0. The van der Waals surface area contributed by atoms with Crippen molar-refractivity contribution in [2.24, 2.45) is 0 Å². The molecule has 0 aromatic heterocycles. The maximum absolute atomic E-state index is 12.7. The van der Waals surface area contributed by atoms with E-state index in [0.29, 0.717) is 11.3 Å². The Morgan fingerprint density at radius 2 is 1.88 bits per heavy atom. The Hall–Kier alpha value is -2.52. The number of aliphatic carboxylic acids is 1. The van der Waals surface area contributed by atoms with Gasteiger partial charge in [0.25, 0.3) is 11.8 Å². The Bertz CT molecular complexity index is 861. The van der Waals surface area contributed by atoms with E-state index in [0.717, 1.165) is 21.6 Å². The second kappa shape index (κ2) is 5.84. The zero-order valence-electron chi connectivity index (χ0n) is 12.3. The Balaban J connectivity index is 2.15. The van der Waals surface area contributed by atoms with Crippen molar-refractivity contribution in [3.63, 3.8) is 0 Å². The molecule has 9 heteroatoms. The van der Waals surface area contributed by atoms with Crippen molar-refractivity contribution in [2.75, 3.05) is 11.4 Å². The Kier molecular flexibility index (Phi) is 3.98. The number of fused-ring (bicyclic) bond motifs is 1. The van der Waals surface area contributed by atoms with Crippen molar-refractivity contribution in [1.82, 2.24) is 4.90 Å². The second-order valence-electron chi connectivity index (χ2n) is 5.03. The first-order valence-corrected chi connectivity index (χ1v) is 7.99. The van der Waals surface area contributed by atoms with Gasteiger partial charge in [-0.1, -0.05) is 42.2 Å². The van der Waals surface area contributed by atoms with Gasteiger partial charge in [-0.05, 0) is 6.07 Å². The summed E-state index contributed by atoms with van der Waals surface area (Å²) in [5.74, 6) is -2.93. The number of thiocarbonyl (C=S) groups is 1. The number of carbonyl (C=O) groups is 4. The first-order valence-electron chi connectivity index (χ1n) is 6.77. The van der Waals surface area contributed by atoms with Crippen LogP contribution in [0.3, 0.4) is 0 Å². The molecule has 2 aliphatic heterocycles. The predicted molar refractivity (Wildman–Crippen MR) is 91.1 cm³/mol. The molecular weight excluding hydrogens is 352 g/mol. The van der Waals surface area contributed by atoms with Gasteiger partial charge in [-0.3, -0.25) is 24.1 Å². The van der Waals surface area contributed by atoms with E-state index in [-0.39, 0.29) is 14.8 Å². The smallest absolute Gasteiger partial charge is 0.323 e. The maximum Gasteiger partial charge on any atom is 0.323 e. The molecule has 0 saturated carbocycles. The largest absolute Gasteiger partial charge is 0.480 e. The highest BCUT2D eigenvalue weighted by molar-refractivity contribution is 8.26. The summed E-state index contributed by atoms with van der Waals surface area (Å²) in [6, 6.07) is 6.61. The van der Waals surface area contributed by atoms with Crippen molar-refractivity contribution in [1.29, 1.82) is 0 Å². The van der Waals surface area contributed by atoms with Crippen LogP contribution in [0.15, 0.2) is 29.2 Å². The van der Waals surface area contributed by atoms with Gasteiger partial charge < -0.3 is 5.11 Å². The first kappa shape index (κ1) is 16.3. The molecule has 3 rings (SSSR count). The fraction of sp³-hybridized carbons (Fsp3) is 0.133. The molecule has 1 fully saturated rings. The number of thioether (sulfide) groups is 1. The number of carboxylic acids is 1. The number of anilines is 1. The minimum atomic E-state index is -1.21. The van der Waals surface area contributed by atoms with Crippen LogP contribution in [-0.4, -0.2) is 44.6 Å². The molecule has 24 heavy (non-hydrogen) atoms. The third kappa shape index (κ3) is 2.42. The van der Waals surface area contributed by atoms with Gasteiger partial charge in [0.05, 0.1) is 16.2 Å². The third-order valence-electron chi connectivity index (χ3n) is 3.52. The number of hydrogen-bond acceptors (Lipinski definition) is 6. The second-order valence-corrected chi connectivity index (χ2v) is 6.68. The number of carbonyl (C=O) groups excluding carboxylic acids is 3. The zero-order valence-corrected chi connectivity index (χ0v) is 13.9. The van der Waals surface area contributed by atoms with Gasteiger partial charge in [-0.2, -0.15) is 0 Å². The van der Waals surface area contributed by atoms with Crippen LogP contribution in [0.4, 0.5) is 5.69 Å². The first-order chi connectivity index (χ1) is 11.3. The van der Waals surface area contributed by atoms with Crippen molar-refractivity contribution >= 4 is 63.3 Å². The van der Waals surface area contributed by atoms with E-state index in [4.69, 9.17) is 17.3 Å². The predicted octanol–water partition coefficient (Wildman–Crippen LogP) is 1.24. The van der Waals surface area contributed by atoms with Crippen LogP contribution in [0.25, 0.3) is 5.57 Å². The Labute approximate surface area is 145 Å². The van der Waals surface area contributed by atoms with Gasteiger partial charge in [0.1, 0.15) is 10.9 Å². The van der Waals surface area contributed by atoms with Gasteiger partial charge in [-0.25, -0.2) is 4.90 Å². The lowest BCUT2D eigenvalue weighted by Gasteiger charge is -2.11. The van der Waals surface area contributed by atoms with Crippen LogP contribution >= 0.6 is 24.0 Å². The molecule has 2 aliphatic rings. The van der Waals surface area contributed by atoms with Crippen LogP contribution in [0, 0.1) is 0 Å². The van der Waals surface area contributed by atoms with E-state index in [1.807, 2.05) is 0 Å². The molecule has 2 heterocycles. The summed E-state index contributed by atoms with van der Waals surface area (Å²) in [6.45, 7) is 0.682. The number of carboxylic acid groups (broad SMARTS) is 1. The minimum Gasteiger partial charge on any atom is -0.480 e. The summed E-state index contributed by atoms with van der Waals surface area (Å²) >= 11 is 5.91. The Morgan fingerprint density at radius 1 is 1.21 bits per heavy atom. The van der Waals surface area contributed by atoms with Gasteiger partial charge in [0.15, 0.2) is 0 Å². The Morgan fingerprint density at radius 3 is 2.50 bits per heavy atom. The fourth-order valence-electron chi connectivity index (χ4n) is 2.57. The third-order valence-corrected chi connectivity index (χ3v) is 4.96. The SMILES string of the molecule is CC(=O)N1C(=O)/C(=C2\SC(=S)N(CC(=O)O)C2=O)c2ccccc21. The molecule has 122 valence electrons. The number of para-hydroxylation sites is 1. The van der Waals surface area contributed by atoms with Crippen molar-refractivity contribution in [3.8, 4) is 0 Å². The van der Waals surface area contributed by atoms with Gasteiger partial charge >= 0.3 is 5.97 Å². The lowest BCUT2D eigenvalue weighted by atomic mass is 10.1. The van der Waals surface area contributed by atoms with E-state index in [9.17, 15) is 19.2 Å². The van der Waals surface area contributed by atoms with Gasteiger partial charge in [0.2, 0.25) is 5.91 Å². The number of nitrogens with zero attached hydrogens (tertiary/aromatic N) is 2. The molecule has 1 aromatic carbocycles. The summed E-state index contributed by atoms with van der Waals surface area (Å²) in [7, 11) is 0. The average molecular weight is 362 g/mol. The summed E-state index contributed by atoms with van der Waals surface area (Å²) in [5.41, 5.74) is 0.924. The highest BCUT2D eigenvalue weighted by Crippen LogP contribution is 2.44. The number of imide groups is 1. The summed E-state index contributed by atoms with van der Waals surface area (Å²) in [4.78, 5) is 49.8. The molecule has 0 atom stereocenters. The molecule has 1 N–H and O–H groups in total. The topological polar surface area (TPSA) is 95.0 Å². The molecule has 1 aromatic rings. The van der Waals surface area contributed by atoms with Crippen molar-refractivity contribution in [2.45, 2.75) is 6.92 Å². The highest BCUT2D eigenvalue weighted by Gasteiger charge is 2.43. The number of amides is 3. The number of hydrogen-bond donors (Lipinski definition) is 1. The van der Waals surface area contributed by atoms with Crippen LogP contribution < -0.4 is 4.90 Å². The van der Waals surface area contributed by atoms with Crippen LogP contribution in [0.1, 0.15) is 12.5 Å². The molecule has 0 unspecified atom stereocenters. The standard InChI is InChI=1S/C15H10N2O5S2/c1-7(18)17-9-5-3-2-4-8(9)11(13(17)21)12-14(22)16(6-10(19)20)15(23)24-12/h2-5H,6H2,1H3,(H,19,20)/b12-11-. The molecule has 0 radical (unpaired) electrons. The maximum atomic E-state index is 12.7. The van der Waals surface area contributed by atoms with E-state index in [1.165, 1.54) is 6.92 Å². The summed E-state index contributed by atoms with van der Waals surface area (Å²) in [6.07, 6.45) is 0. The van der Waals surface area contributed by atoms with E-state index >= 15 is 0 Å². The molecule has 3 amide bonds. The lowest BCUT2D eigenvalue weighted by Crippen LogP contribution is -2.34. The molecule has 7 nitrogen and oxygen atoms in total. The van der Waals surface area contributed by atoms with Crippen LogP contribution in [-0.2, 0) is 19.2 Å². The average Bonchev–Trinajstić information content (AvgIpc) is 2.94. The molecule has 0 spiro atoms. The fourth-order valence-corrected chi connectivity index (χ4v) is 3.90. The summed E-state index contributed by atoms with van der Waals surface area (Å²) < 4.78 is 0.0662. The quantitative estimate of drug-likeness (QED) is 0.625. The van der Waals surface area contributed by atoms with Crippen molar-refractivity contribution < 1.29 is 24.3 Å². The zero-order chi connectivity index (χ0) is 17.6. The minimum absolute atomic E-state index is 0.0439. The number of rotatable bonds is 2. The van der Waals surface area contributed by atoms with Crippen molar-refractivity contribution in [3.05, 3.63) is 34.7 Å². The van der Waals surface area contributed by atoms with E-state index in [2.05, 4.69) is 0 Å². The van der Waals surface area contributed by atoms with E-state index in [1.54, 1.807) is 24.3 Å². The van der Waals surface area contributed by atoms with E-state index < -0.39 is 30.2 Å². The highest BCUT2D eigenvalue weighted by atomic mass is 32.2. The molecule has 1 saturated heterocycles. The van der Waals surface area contributed by atoms with Gasteiger partial charge in [-0.15, -0.1) is 0 Å². The molecular formula is C15H10N2O5S2. The number of benzene rings is 1. The lowest BCUT2D eigenvalue weighted by molar-refractivity contribution is -0.140. The molecule has 0 bridgehead atoms. The summed E-state index contributed by atoms with van der Waals surface area (Å²) in [5, 5.41) is 8.89.